The molecular weight excluding hydrogens is 274 g/mol. The summed E-state index contributed by atoms with van der Waals surface area (Å²) in [7, 11) is 0. The zero-order chi connectivity index (χ0) is 16.0. The van der Waals surface area contributed by atoms with Crippen molar-refractivity contribution in [1.29, 1.82) is 0 Å². The number of fused-ring (bicyclic) bond motifs is 2. The third-order valence-electron chi connectivity index (χ3n) is 5.33. The first-order valence-electron chi connectivity index (χ1n) is 7.06. The molecule has 2 fully saturated rings. The third-order valence-corrected chi connectivity index (χ3v) is 5.33. The average molecular weight is 295 g/mol. The van der Waals surface area contributed by atoms with Gasteiger partial charge in [-0.3, -0.25) is 24.6 Å². The first-order valence-corrected chi connectivity index (χ1v) is 7.06. The van der Waals surface area contributed by atoms with E-state index >= 15 is 0 Å². The molecule has 1 saturated carbocycles. The van der Waals surface area contributed by atoms with E-state index in [4.69, 9.17) is 5.73 Å². The van der Waals surface area contributed by atoms with Crippen LogP contribution in [0.4, 0.5) is 4.79 Å². The van der Waals surface area contributed by atoms with Crippen LogP contribution in [-0.4, -0.2) is 35.2 Å². The zero-order valence-electron chi connectivity index (χ0n) is 12.6. The zero-order valence-corrected chi connectivity index (χ0v) is 12.6. The molecule has 0 spiro atoms. The SMILES string of the molecule is CC12CCC(C(=O)N(CCC(=O)NC(N)=O)C1=O)C2(C)C. The second kappa shape index (κ2) is 4.82. The van der Waals surface area contributed by atoms with E-state index in [1.807, 2.05) is 26.1 Å². The molecule has 5 amide bonds. The normalized spacial score (nSPS) is 30.4. The smallest absolute Gasteiger partial charge is 0.318 e. The lowest BCUT2D eigenvalue weighted by atomic mass is 9.62. The number of primary amides is 1. The van der Waals surface area contributed by atoms with E-state index in [9.17, 15) is 19.2 Å². The minimum atomic E-state index is -0.940. The number of nitrogens with zero attached hydrogens (tertiary/aromatic N) is 1. The van der Waals surface area contributed by atoms with Crippen LogP contribution in [0.25, 0.3) is 0 Å². The number of piperidine rings is 1. The quantitative estimate of drug-likeness (QED) is 0.733. The molecule has 21 heavy (non-hydrogen) atoms. The van der Waals surface area contributed by atoms with Crippen molar-refractivity contribution in [2.75, 3.05) is 6.54 Å². The van der Waals surface area contributed by atoms with Crippen molar-refractivity contribution in [2.45, 2.75) is 40.0 Å². The Labute approximate surface area is 123 Å². The summed E-state index contributed by atoms with van der Waals surface area (Å²) in [5, 5.41) is 1.93. The Morgan fingerprint density at radius 1 is 1.33 bits per heavy atom. The predicted molar refractivity (Wildman–Crippen MR) is 73.7 cm³/mol. The Kier molecular flexibility index (Phi) is 3.55. The van der Waals surface area contributed by atoms with Crippen LogP contribution in [0.3, 0.4) is 0 Å². The molecule has 7 heteroatoms. The van der Waals surface area contributed by atoms with Gasteiger partial charge in [-0.15, -0.1) is 0 Å². The summed E-state index contributed by atoms with van der Waals surface area (Å²) in [6, 6.07) is -0.940. The second-order valence-electron chi connectivity index (χ2n) is 6.60. The maximum absolute atomic E-state index is 12.6. The summed E-state index contributed by atoms with van der Waals surface area (Å²) in [6.45, 7) is 5.78. The Hall–Kier alpha value is -1.92. The van der Waals surface area contributed by atoms with Crippen LogP contribution in [-0.2, 0) is 14.4 Å². The van der Waals surface area contributed by atoms with Crippen molar-refractivity contribution in [3.63, 3.8) is 0 Å². The van der Waals surface area contributed by atoms with Gasteiger partial charge in [-0.1, -0.05) is 20.8 Å². The van der Waals surface area contributed by atoms with Gasteiger partial charge in [-0.05, 0) is 18.3 Å². The number of likely N-dealkylation sites (tertiary alicyclic amines) is 1. The summed E-state index contributed by atoms with van der Waals surface area (Å²) < 4.78 is 0. The minimum Gasteiger partial charge on any atom is -0.351 e. The molecule has 2 rings (SSSR count). The van der Waals surface area contributed by atoms with Gasteiger partial charge >= 0.3 is 6.03 Å². The van der Waals surface area contributed by atoms with Crippen LogP contribution in [0.5, 0.6) is 0 Å². The van der Waals surface area contributed by atoms with Crippen LogP contribution >= 0.6 is 0 Å². The van der Waals surface area contributed by atoms with Crippen LogP contribution in [0.15, 0.2) is 0 Å². The number of urea groups is 1. The number of rotatable bonds is 3. The summed E-state index contributed by atoms with van der Waals surface area (Å²) in [4.78, 5) is 48.3. The highest BCUT2D eigenvalue weighted by molar-refractivity contribution is 6.04. The highest BCUT2D eigenvalue weighted by atomic mass is 16.2. The molecule has 7 nitrogen and oxygen atoms in total. The molecule has 1 aliphatic heterocycles. The molecule has 0 radical (unpaired) electrons. The molecule has 1 saturated heterocycles. The van der Waals surface area contributed by atoms with Gasteiger partial charge in [0.2, 0.25) is 17.7 Å². The molecular formula is C14H21N3O4. The van der Waals surface area contributed by atoms with Crippen molar-refractivity contribution >= 4 is 23.8 Å². The van der Waals surface area contributed by atoms with E-state index in [0.29, 0.717) is 12.8 Å². The number of imide groups is 2. The van der Waals surface area contributed by atoms with E-state index in [2.05, 4.69) is 0 Å². The minimum absolute atomic E-state index is 0.0149. The Balaban J connectivity index is 2.13. The molecule has 2 aliphatic rings. The lowest BCUT2D eigenvalue weighted by Gasteiger charge is -2.47. The molecule has 0 aromatic rings. The number of amides is 5. The lowest BCUT2D eigenvalue weighted by molar-refractivity contribution is -0.167. The Bertz CT molecular complexity index is 528. The van der Waals surface area contributed by atoms with Gasteiger partial charge in [-0.25, -0.2) is 4.79 Å². The fraction of sp³-hybridized carbons (Fsp3) is 0.714. The van der Waals surface area contributed by atoms with E-state index in [1.54, 1.807) is 0 Å². The molecule has 2 unspecified atom stereocenters. The monoisotopic (exact) mass is 295 g/mol. The van der Waals surface area contributed by atoms with Gasteiger partial charge in [-0.2, -0.15) is 0 Å². The topological polar surface area (TPSA) is 110 Å². The van der Waals surface area contributed by atoms with E-state index in [1.165, 1.54) is 4.90 Å². The molecule has 2 atom stereocenters. The number of nitrogens with two attached hydrogens (primary N) is 1. The third kappa shape index (κ3) is 2.20. The van der Waals surface area contributed by atoms with E-state index in [0.717, 1.165) is 0 Å². The first kappa shape index (κ1) is 15.5. The number of carbonyl (C=O) groups is 4. The van der Waals surface area contributed by atoms with Gasteiger partial charge < -0.3 is 5.73 Å². The Morgan fingerprint density at radius 3 is 2.52 bits per heavy atom. The maximum atomic E-state index is 12.6. The van der Waals surface area contributed by atoms with Gasteiger partial charge in [0.15, 0.2) is 0 Å². The molecule has 0 aromatic carbocycles. The van der Waals surface area contributed by atoms with Crippen LogP contribution in [0.2, 0.25) is 0 Å². The number of hydrogen-bond donors (Lipinski definition) is 2. The summed E-state index contributed by atoms with van der Waals surface area (Å²) >= 11 is 0. The summed E-state index contributed by atoms with van der Waals surface area (Å²) in [6.07, 6.45) is 1.25. The van der Waals surface area contributed by atoms with Crippen molar-refractivity contribution in [1.82, 2.24) is 10.2 Å². The average Bonchev–Trinajstić information content (AvgIpc) is 2.53. The molecule has 0 aromatic heterocycles. The van der Waals surface area contributed by atoms with Crippen molar-refractivity contribution in [2.24, 2.45) is 22.5 Å². The molecule has 2 bridgehead atoms. The number of carbonyl (C=O) groups excluding carboxylic acids is 4. The van der Waals surface area contributed by atoms with Crippen LogP contribution in [0, 0.1) is 16.7 Å². The molecule has 3 N–H and O–H groups in total. The number of hydrogen-bond acceptors (Lipinski definition) is 4. The fourth-order valence-electron chi connectivity index (χ4n) is 3.53. The molecule has 116 valence electrons. The second-order valence-corrected chi connectivity index (χ2v) is 6.60. The predicted octanol–water partition coefficient (Wildman–Crippen LogP) is 0.383. The highest BCUT2D eigenvalue weighted by Crippen LogP contribution is 2.59. The standard InChI is InChI=1S/C14H21N3O4/c1-13(2)8-4-6-14(13,3)11(20)17(10(8)19)7-5-9(18)16-12(15)21/h8H,4-7H2,1-3H3,(H3,15,16,18,21). The van der Waals surface area contributed by atoms with Crippen LogP contribution < -0.4 is 11.1 Å². The maximum Gasteiger partial charge on any atom is 0.318 e. The van der Waals surface area contributed by atoms with Gasteiger partial charge in [0.05, 0.1) is 5.41 Å². The fourth-order valence-corrected chi connectivity index (χ4v) is 3.53. The molecule has 1 aliphatic carbocycles. The van der Waals surface area contributed by atoms with E-state index in [-0.39, 0.29) is 36.1 Å². The van der Waals surface area contributed by atoms with Gasteiger partial charge in [0.1, 0.15) is 0 Å². The molecule has 1 heterocycles. The summed E-state index contributed by atoms with van der Waals surface area (Å²) in [5.41, 5.74) is 3.90. The van der Waals surface area contributed by atoms with Gasteiger partial charge in [0, 0.05) is 18.9 Å². The van der Waals surface area contributed by atoms with Crippen LogP contribution in [0.1, 0.15) is 40.0 Å². The largest absolute Gasteiger partial charge is 0.351 e. The number of nitrogens with one attached hydrogen (secondary N) is 1. The summed E-state index contributed by atoms with van der Waals surface area (Å²) in [5.74, 6) is -1.23. The first-order chi connectivity index (χ1) is 9.61. The van der Waals surface area contributed by atoms with Crippen molar-refractivity contribution < 1.29 is 19.2 Å². The highest BCUT2D eigenvalue weighted by Gasteiger charge is 2.64. The lowest BCUT2D eigenvalue weighted by Crippen LogP contribution is -2.59. The van der Waals surface area contributed by atoms with Crippen molar-refractivity contribution in [3.05, 3.63) is 0 Å². The van der Waals surface area contributed by atoms with E-state index < -0.39 is 17.4 Å². The van der Waals surface area contributed by atoms with Crippen molar-refractivity contribution in [3.8, 4) is 0 Å². The Morgan fingerprint density at radius 2 is 1.95 bits per heavy atom. The van der Waals surface area contributed by atoms with Gasteiger partial charge in [0.25, 0.3) is 0 Å².